The van der Waals surface area contributed by atoms with Crippen LogP contribution in [0.2, 0.25) is 5.02 Å². The van der Waals surface area contributed by atoms with Crippen LogP contribution in [0.4, 0.5) is 5.95 Å². The normalized spacial score (nSPS) is 12.6. The van der Waals surface area contributed by atoms with Gasteiger partial charge < -0.3 is 15.2 Å². The topological polar surface area (TPSA) is 75.2 Å². The second-order valence-electron chi connectivity index (χ2n) is 4.34. The van der Waals surface area contributed by atoms with Crippen molar-refractivity contribution in [2.24, 2.45) is 0 Å². The summed E-state index contributed by atoms with van der Waals surface area (Å²) in [5.41, 5.74) is 6.78. The molecular weight excluding hydrogens is 312 g/mol. The standard InChI is InChI=1S/C13H13ClN4O2S/c1-2-3-18-12(15)16-17-13(18)21-6-8-4-9(14)11-10(5-8)19-7-20-11/h2,4-5H,1,3,6-7H2,(H2,15,16). The van der Waals surface area contributed by atoms with E-state index in [0.29, 0.717) is 34.8 Å². The average Bonchev–Trinajstić information content (AvgIpc) is 3.06. The van der Waals surface area contributed by atoms with Gasteiger partial charge in [0.15, 0.2) is 16.7 Å². The molecule has 0 saturated carbocycles. The summed E-state index contributed by atoms with van der Waals surface area (Å²) in [6.45, 7) is 4.47. The van der Waals surface area contributed by atoms with Crippen LogP contribution in [0.15, 0.2) is 29.9 Å². The number of benzene rings is 1. The number of rotatable bonds is 5. The van der Waals surface area contributed by atoms with Crippen LogP contribution in [0.5, 0.6) is 11.5 Å². The fraction of sp³-hybridized carbons (Fsp3) is 0.231. The maximum atomic E-state index is 6.16. The van der Waals surface area contributed by atoms with Gasteiger partial charge in [-0.1, -0.05) is 29.4 Å². The number of nitrogens with two attached hydrogens (primary N) is 1. The van der Waals surface area contributed by atoms with Crippen molar-refractivity contribution in [3.8, 4) is 11.5 Å². The quantitative estimate of drug-likeness (QED) is 0.673. The van der Waals surface area contributed by atoms with Gasteiger partial charge in [-0.3, -0.25) is 4.57 Å². The molecule has 1 aromatic heterocycles. The Hall–Kier alpha value is -1.86. The monoisotopic (exact) mass is 324 g/mol. The van der Waals surface area contributed by atoms with E-state index in [4.69, 9.17) is 26.8 Å². The van der Waals surface area contributed by atoms with Gasteiger partial charge in [0.25, 0.3) is 0 Å². The predicted molar refractivity (Wildman–Crippen MR) is 81.8 cm³/mol. The summed E-state index contributed by atoms with van der Waals surface area (Å²) in [6, 6.07) is 3.78. The Morgan fingerprint density at radius 1 is 1.43 bits per heavy atom. The van der Waals surface area contributed by atoms with Gasteiger partial charge in [0.1, 0.15) is 0 Å². The maximum Gasteiger partial charge on any atom is 0.231 e. The van der Waals surface area contributed by atoms with E-state index in [1.807, 2.05) is 12.1 Å². The highest BCUT2D eigenvalue weighted by Gasteiger charge is 2.18. The molecule has 0 spiro atoms. The summed E-state index contributed by atoms with van der Waals surface area (Å²) < 4.78 is 12.4. The summed E-state index contributed by atoms with van der Waals surface area (Å²) >= 11 is 7.68. The molecule has 1 aromatic carbocycles. The first-order valence-electron chi connectivity index (χ1n) is 6.19. The van der Waals surface area contributed by atoms with Crippen molar-refractivity contribution >= 4 is 29.3 Å². The van der Waals surface area contributed by atoms with E-state index >= 15 is 0 Å². The van der Waals surface area contributed by atoms with Crippen molar-refractivity contribution in [1.82, 2.24) is 14.8 Å². The molecule has 2 N–H and O–H groups in total. The van der Waals surface area contributed by atoms with Crippen molar-refractivity contribution in [3.05, 3.63) is 35.4 Å². The molecule has 0 fully saturated rings. The summed E-state index contributed by atoms with van der Waals surface area (Å²) in [7, 11) is 0. The Balaban J connectivity index is 1.76. The van der Waals surface area contributed by atoms with Crippen molar-refractivity contribution in [1.29, 1.82) is 0 Å². The van der Waals surface area contributed by atoms with E-state index in [1.54, 1.807) is 10.6 Å². The fourth-order valence-corrected chi connectivity index (χ4v) is 3.13. The molecule has 2 heterocycles. The smallest absolute Gasteiger partial charge is 0.231 e. The molecule has 0 saturated heterocycles. The Kier molecular flexibility index (Phi) is 3.94. The largest absolute Gasteiger partial charge is 0.454 e. The molecule has 0 atom stereocenters. The number of nitrogens with zero attached hydrogens (tertiary/aromatic N) is 3. The van der Waals surface area contributed by atoms with Crippen LogP contribution in [-0.4, -0.2) is 21.6 Å². The van der Waals surface area contributed by atoms with Crippen LogP contribution in [0, 0.1) is 0 Å². The summed E-state index contributed by atoms with van der Waals surface area (Å²) in [6.07, 6.45) is 1.75. The van der Waals surface area contributed by atoms with Crippen LogP contribution >= 0.6 is 23.4 Å². The van der Waals surface area contributed by atoms with E-state index < -0.39 is 0 Å². The number of aromatic nitrogens is 3. The molecule has 0 unspecified atom stereocenters. The summed E-state index contributed by atoms with van der Waals surface area (Å²) in [5.74, 6) is 2.32. The van der Waals surface area contributed by atoms with Crippen LogP contribution in [0.25, 0.3) is 0 Å². The van der Waals surface area contributed by atoms with Crippen molar-refractivity contribution in [3.63, 3.8) is 0 Å². The first-order chi connectivity index (χ1) is 10.2. The predicted octanol–water partition coefficient (Wildman–Crippen LogP) is 2.72. The highest BCUT2D eigenvalue weighted by Crippen LogP contribution is 2.40. The number of allylic oxidation sites excluding steroid dienone is 1. The molecule has 0 radical (unpaired) electrons. The minimum Gasteiger partial charge on any atom is -0.454 e. The van der Waals surface area contributed by atoms with Gasteiger partial charge in [-0.15, -0.1) is 16.8 Å². The summed E-state index contributed by atoms with van der Waals surface area (Å²) in [4.78, 5) is 0. The number of nitrogen functional groups attached to an aromatic ring is 1. The van der Waals surface area contributed by atoms with Gasteiger partial charge in [-0.25, -0.2) is 0 Å². The molecule has 3 rings (SSSR count). The van der Waals surface area contributed by atoms with E-state index in [2.05, 4.69) is 16.8 Å². The van der Waals surface area contributed by atoms with Crippen molar-refractivity contribution in [2.75, 3.05) is 12.5 Å². The first kappa shape index (κ1) is 14.1. The van der Waals surface area contributed by atoms with Gasteiger partial charge in [-0.05, 0) is 17.7 Å². The molecule has 110 valence electrons. The van der Waals surface area contributed by atoms with Crippen molar-refractivity contribution in [2.45, 2.75) is 17.5 Å². The second-order valence-corrected chi connectivity index (χ2v) is 5.69. The third-order valence-electron chi connectivity index (χ3n) is 2.91. The van der Waals surface area contributed by atoms with Crippen molar-refractivity contribution < 1.29 is 9.47 Å². The zero-order valence-electron chi connectivity index (χ0n) is 11.1. The summed E-state index contributed by atoms with van der Waals surface area (Å²) in [5, 5.41) is 9.22. The molecule has 1 aliphatic heterocycles. The minimum absolute atomic E-state index is 0.204. The van der Waals surface area contributed by atoms with Gasteiger partial charge in [0.2, 0.25) is 12.7 Å². The number of halogens is 1. The molecule has 21 heavy (non-hydrogen) atoms. The van der Waals surface area contributed by atoms with Crippen LogP contribution < -0.4 is 15.2 Å². The molecule has 8 heteroatoms. The minimum atomic E-state index is 0.204. The Labute approximate surface area is 130 Å². The Morgan fingerprint density at radius 2 is 2.29 bits per heavy atom. The molecule has 2 aromatic rings. The number of hydrogen-bond acceptors (Lipinski definition) is 6. The molecular formula is C13H13ClN4O2S. The maximum absolute atomic E-state index is 6.16. The van der Waals surface area contributed by atoms with Crippen LogP contribution in [0.3, 0.4) is 0 Å². The highest BCUT2D eigenvalue weighted by atomic mass is 35.5. The van der Waals surface area contributed by atoms with E-state index in [1.165, 1.54) is 11.8 Å². The van der Waals surface area contributed by atoms with Gasteiger partial charge in [0, 0.05) is 12.3 Å². The highest BCUT2D eigenvalue weighted by molar-refractivity contribution is 7.98. The van der Waals surface area contributed by atoms with E-state index in [0.717, 1.165) is 10.7 Å². The van der Waals surface area contributed by atoms with Gasteiger partial charge in [-0.2, -0.15) is 0 Å². The van der Waals surface area contributed by atoms with Gasteiger partial charge >= 0.3 is 0 Å². The SMILES string of the molecule is C=CCn1c(N)nnc1SCc1cc(Cl)c2c(c1)OCO2. The van der Waals surface area contributed by atoms with Gasteiger partial charge in [0.05, 0.1) is 5.02 Å². The second kappa shape index (κ2) is 5.87. The van der Waals surface area contributed by atoms with E-state index in [-0.39, 0.29) is 6.79 Å². The molecule has 0 aliphatic carbocycles. The Bertz CT molecular complexity index is 689. The number of fused-ring (bicyclic) bond motifs is 1. The lowest BCUT2D eigenvalue weighted by Crippen LogP contribution is -2.03. The third-order valence-corrected chi connectivity index (χ3v) is 4.23. The zero-order chi connectivity index (χ0) is 14.8. The number of anilines is 1. The number of ether oxygens (including phenoxy) is 2. The fourth-order valence-electron chi connectivity index (χ4n) is 1.96. The lowest BCUT2D eigenvalue weighted by atomic mass is 10.2. The Morgan fingerprint density at radius 3 is 3.10 bits per heavy atom. The molecule has 1 aliphatic rings. The molecule has 0 bridgehead atoms. The molecule has 6 nitrogen and oxygen atoms in total. The molecule has 0 amide bonds. The van der Waals surface area contributed by atoms with Crippen LogP contribution in [-0.2, 0) is 12.3 Å². The average molecular weight is 325 g/mol. The lowest BCUT2D eigenvalue weighted by molar-refractivity contribution is 0.174. The number of hydrogen-bond donors (Lipinski definition) is 1. The van der Waals surface area contributed by atoms with Crippen LogP contribution in [0.1, 0.15) is 5.56 Å². The number of thioether (sulfide) groups is 1. The lowest BCUT2D eigenvalue weighted by Gasteiger charge is -2.06. The first-order valence-corrected chi connectivity index (χ1v) is 7.56. The zero-order valence-corrected chi connectivity index (χ0v) is 12.7. The van der Waals surface area contributed by atoms with E-state index in [9.17, 15) is 0 Å². The third kappa shape index (κ3) is 2.79.